The van der Waals surface area contributed by atoms with Crippen molar-refractivity contribution < 1.29 is 23.8 Å². The van der Waals surface area contributed by atoms with Crippen LogP contribution in [-0.4, -0.2) is 25.2 Å². The van der Waals surface area contributed by atoms with Crippen molar-refractivity contribution in [2.75, 3.05) is 7.11 Å². The Morgan fingerprint density at radius 3 is 1.92 bits per heavy atom. The summed E-state index contributed by atoms with van der Waals surface area (Å²) in [6.07, 6.45) is 0.315. The van der Waals surface area contributed by atoms with Crippen LogP contribution >= 0.6 is 0 Å². The molecule has 5 heteroatoms. The molecule has 2 aromatic rings. The molecule has 0 spiro atoms. The van der Waals surface area contributed by atoms with Crippen LogP contribution in [0.1, 0.15) is 22.8 Å². The SMILES string of the molecule is C=CC(=O)OC(C)Oc1ccc(C(=O)c2ccc(OC)cc2)cc1. The van der Waals surface area contributed by atoms with Crippen LogP contribution in [0.5, 0.6) is 11.5 Å². The molecule has 0 heterocycles. The lowest BCUT2D eigenvalue weighted by Crippen LogP contribution is -2.19. The molecule has 1 atom stereocenters. The fourth-order valence-corrected chi connectivity index (χ4v) is 2.02. The van der Waals surface area contributed by atoms with E-state index in [1.54, 1.807) is 62.6 Å². The Morgan fingerprint density at radius 1 is 0.958 bits per heavy atom. The number of esters is 1. The van der Waals surface area contributed by atoms with E-state index >= 15 is 0 Å². The summed E-state index contributed by atoms with van der Waals surface area (Å²) < 4.78 is 15.4. The molecule has 0 amide bonds. The monoisotopic (exact) mass is 326 g/mol. The van der Waals surface area contributed by atoms with E-state index in [9.17, 15) is 9.59 Å². The van der Waals surface area contributed by atoms with Crippen molar-refractivity contribution in [2.45, 2.75) is 13.2 Å². The van der Waals surface area contributed by atoms with E-state index in [4.69, 9.17) is 14.2 Å². The zero-order valence-corrected chi connectivity index (χ0v) is 13.5. The van der Waals surface area contributed by atoms with Gasteiger partial charge in [0.25, 0.3) is 0 Å². The molecule has 0 aliphatic heterocycles. The Hall–Kier alpha value is -3.08. The Kier molecular flexibility index (Phi) is 5.73. The summed E-state index contributed by atoms with van der Waals surface area (Å²) in [4.78, 5) is 23.5. The van der Waals surface area contributed by atoms with Crippen molar-refractivity contribution in [1.82, 2.24) is 0 Å². The van der Waals surface area contributed by atoms with E-state index < -0.39 is 12.3 Å². The molecule has 0 aromatic heterocycles. The van der Waals surface area contributed by atoms with Gasteiger partial charge in [-0.25, -0.2) is 4.79 Å². The maximum absolute atomic E-state index is 12.4. The number of ether oxygens (including phenoxy) is 3. The van der Waals surface area contributed by atoms with E-state index in [1.807, 2.05) is 0 Å². The Bertz CT molecular complexity index is 716. The van der Waals surface area contributed by atoms with Gasteiger partial charge < -0.3 is 14.2 Å². The van der Waals surface area contributed by atoms with Crippen LogP contribution in [0.15, 0.2) is 61.2 Å². The Morgan fingerprint density at radius 2 is 1.46 bits per heavy atom. The Labute approximate surface area is 140 Å². The molecule has 2 aromatic carbocycles. The molecular formula is C19H18O5. The normalized spacial score (nSPS) is 11.2. The summed E-state index contributed by atoms with van der Waals surface area (Å²) in [5.74, 6) is 0.521. The first-order valence-corrected chi connectivity index (χ1v) is 7.32. The van der Waals surface area contributed by atoms with Gasteiger partial charge in [-0.15, -0.1) is 0 Å². The number of benzene rings is 2. The molecule has 124 valence electrons. The van der Waals surface area contributed by atoms with E-state index in [0.717, 1.165) is 6.08 Å². The van der Waals surface area contributed by atoms with Gasteiger partial charge in [-0.05, 0) is 48.5 Å². The third kappa shape index (κ3) is 4.46. The second-order valence-corrected chi connectivity index (χ2v) is 4.91. The van der Waals surface area contributed by atoms with Crippen LogP contribution < -0.4 is 9.47 Å². The smallest absolute Gasteiger partial charge is 0.333 e. The molecule has 0 N–H and O–H groups in total. The second kappa shape index (κ2) is 7.97. The fraction of sp³-hybridized carbons (Fsp3) is 0.158. The van der Waals surface area contributed by atoms with E-state index in [0.29, 0.717) is 22.6 Å². The van der Waals surface area contributed by atoms with Crippen molar-refractivity contribution in [2.24, 2.45) is 0 Å². The van der Waals surface area contributed by atoms with Crippen LogP contribution in [-0.2, 0) is 9.53 Å². The van der Waals surface area contributed by atoms with Gasteiger partial charge in [0.05, 0.1) is 7.11 Å². The number of hydrogen-bond acceptors (Lipinski definition) is 5. The van der Waals surface area contributed by atoms with E-state index in [-0.39, 0.29) is 5.78 Å². The van der Waals surface area contributed by atoms with Crippen molar-refractivity contribution in [3.63, 3.8) is 0 Å². The summed E-state index contributed by atoms with van der Waals surface area (Å²) >= 11 is 0. The van der Waals surface area contributed by atoms with E-state index in [1.165, 1.54) is 0 Å². The van der Waals surface area contributed by atoms with Crippen LogP contribution in [0.2, 0.25) is 0 Å². The number of hydrogen-bond donors (Lipinski definition) is 0. The fourth-order valence-electron chi connectivity index (χ4n) is 2.02. The molecule has 1 unspecified atom stereocenters. The maximum Gasteiger partial charge on any atom is 0.333 e. The summed E-state index contributed by atoms with van der Waals surface area (Å²) in [5, 5.41) is 0. The maximum atomic E-state index is 12.4. The first kappa shape index (κ1) is 17.3. The zero-order valence-electron chi connectivity index (χ0n) is 13.5. The first-order valence-electron chi connectivity index (χ1n) is 7.32. The van der Waals surface area contributed by atoms with Gasteiger partial charge in [-0.3, -0.25) is 4.79 Å². The molecule has 0 bridgehead atoms. The molecule has 0 aliphatic rings. The average molecular weight is 326 g/mol. The highest BCUT2D eigenvalue weighted by atomic mass is 16.7. The highest BCUT2D eigenvalue weighted by Crippen LogP contribution is 2.18. The molecule has 0 aliphatic carbocycles. The zero-order chi connectivity index (χ0) is 17.5. The van der Waals surface area contributed by atoms with Crippen molar-refractivity contribution in [3.8, 4) is 11.5 Å². The second-order valence-electron chi connectivity index (χ2n) is 4.91. The van der Waals surface area contributed by atoms with Gasteiger partial charge in [0.1, 0.15) is 11.5 Å². The standard InChI is InChI=1S/C19H18O5/c1-4-18(20)24-13(2)23-17-11-7-15(8-12-17)19(21)14-5-9-16(22-3)10-6-14/h4-13H,1H2,2-3H3. The minimum atomic E-state index is -0.751. The molecule has 0 fully saturated rings. The van der Waals surface area contributed by atoms with Gasteiger partial charge in [0.15, 0.2) is 5.78 Å². The lowest BCUT2D eigenvalue weighted by Gasteiger charge is -2.14. The van der Waals surface area contributed by atoms with Crippen LogP contribution in [0, 0.1) is 0 Å². The van der Waals surface area contributed by atoms with Crippen molar-refractivity contribution in [1.29, 1.82) is 0 Å². The minimum absolute atomic E-state index is 0.102. The first-order chi connectivity index (χ1) is 11.5. The lowest BCUT2D eigenvalue weighted by atomic mass is 10.0. The summed E-state index contributed by atoms with van der Waals surface area (Å²) in [5.41, 5.74) is 1.10. The van der Waals surface area contributed by atoms with E-state index in [2.05, 4.69) is 6.58 Å². The van der Waals surface area contributed by atoms with Crippen molar-refractivity contribution in [3.05, 3.63) is 72.3 Å². The summed E-state index contributed by atoms with van der Waals surface area (Å²) in [6.45, 7) is 4.91. The third-order valence-corrected chi connectivity index (χ3v) is 3.22. The lowest BCUT2D eigenvalue weighted by molar-refractivity contribution is -0.154. The van der Waals surface area contributed by atoms with Gasteiger partial charge in [-0.2, -0.15) is 0 Å². The molecule has 0 radical (unpaired) electrons. The molecule has 0 saturated carbocycles. The largest absolute Gasteiger partial charge is 0.497 e. The Balaban J connectivity index is 2.03. The van der Waals surface area contributed by atoms with Crippen LogP contribution in [0.25, 0.3) is 0 Å². The topological polar surface area (TPSA) is 61.8 Å². The van der Waals surface area contributed by atoms with Gasteiger partial charge in [-0.1, -0.05) is 6.58 Å². The average Bonchev–Trinajstić information content (AvgIpc) is 2.61. The molecule has 24 heavy (non-hydrogen) atoms. The van der Waals surface area contributed by atoms with Gasteiger partial charge >= 0.3 is 5.97 Å². The summed E-state index contributed by atoms with van der Waals surface area (Å²) in [7, 11) is 1.57. The number of methoxy groups -OCH3 is 1. The number of carbonyl (C=O) groups is 2. The predicted octanol–water partition coefficient (Wildman–Crippen LogP) is 3.38. The molecule has 2 rings (SSSR count). The predicted molar refractivity (Wildman–Crippen MR) is 89.2 cm³/mol. The third-order valence-electron chi connectivity index (χ3n) is 3.22. The van der Waals surface area contributed by atoms with Gasteiger partial charge in [0.2, 0.25) is 6.29 Å². The molecule has 0 saturated heterocycles. The highest BCUT2D eigenvalue weighted by molar-refractivity contribution is 6.09. The van der Waals surface area contributed by atoms with Crippen LogP contribution in [0.3, 0.4) is 0 Å². The minimum Gasteiger partial charge on any atom is -0.497 e. The molecule has 5 nitrogen and oxygen atoms in total. The van der Waals surface area contributed by atoms with Gasteiger partial charge in [0, 0.05) is 24.1 Å². The van der Waals surface area contributed by atoms with Crippen molar-refractivity contribution >= 4 is 11.8 Å². The number of rotatable bonds is 7. The number of carbonyl (C=O) groups excluding carboxylic acids is 2. The summed E-state index contributed by atoms with van der Waals surface area (Å²) in [6, 6.07) is 13.5. The van der Waals surface area contributed by atoms with Crippen LogP contribution in [0.4, 0.5) is 0 Å². The number of ketones is 1. The molecular weight excluding hydrogens is 308 g/mol. The quantitative estimate of drug-likeness (QED) is 0.338. The highest BCUT2D eigenvalue weighted by Gasteiger charge is 2.11.